The molecule has 29 heavy (non-hydrogen) atoms. The van der Waals surface area contributed by atoms with Crippen molar-refractivity contribution in [3.63, 3.8) is 0 Å². The molecule has 1 unspecified atom stereocenters. The molecule has 0 fully saturated rings. The number of hydrogen-bond donors (Lipinski definition) is 3. The van der Waals surface area contributed by atoms with Crippen molar-refractivity contribution in [2.45, 2.75) is 13.0 Å². The largest absolute Gasteiger partial charge is 0.497 e. The average Bonchev–Trinajstić information content (AvgIpc) is 2.71. The SMILES string of the molecule is COc1cccc(NC(=O)C[NH+](C)[C@@H](C)C(=O)N2CC(=O)Nc3ccccc32)c1. The van der Waals surface area contributed by atoms with Crippen molar-refractivity contribution in [3.8, 4) is 5.75 Å². The van der Waals surface area contributed by atoms with Crippen molar-refractivity contribution >= 4 is 34.8 Å². The molecule has 2 atom stereocenters. The summed E-state index contributed by atoms with van der Waals surface area (Å²) in [6, 6.07) is 13.7. The molecule has 1 aliphatic heterocycles. The Morgan fingerprint density at radius 3 is 2.76 bits per heavy atom. The fourth-order valence-electron chi connectivity index (χ4n) is 3.19. The Bertz CT molecular complexity index is 930. The summed E-state index contributed by atoms with van der Waals surface area (Å²) in [4.78, 5) is 39.6. The van der Waals surface area contributed by atoms with Crippen LogP contribution in [-0.2, 0) is 14.4 Å². The maximum absolute atomic E-state index is 13.0. The van der Waals surface area contributed by atoms with E-state index in [9.17, 15) is 14.4 Å². The quantitative estimate of drug-likeness (QED) is 0.663. The van der Waals surface area contributed by atoms with Crippen molar-refractivity contribution in [2.24, 2.45) is 0 Å². The van der Waals surface area contributed by atoms with Crippen LogP contribution in [0.5, 0.6) is 5.75 Å². The van der Waals surface area contributed by atoms with Crippen LogP contribution in [0.25, 0.3) is 0 Å². The smallest absolute Gasteiger partial charge is 0.285 e. The van der Waals surface area contributed by atoms with Gasteiger partial charge >= 0.3 is 0 Å². The van der Waals surface area contributed by atoms with Crippen molar-refractivity contribution in [3.05, 3.63) is 48.5 Å². The maximum Gasteiger partial charge on any atom is 0.285 e. The fourth-order valence-corrected chi connectivity index (χ4v) is 3.19. The molecule has 0 spiro atoms. The summed E-state index contributed by atoms with van der Waals surface area (Å²) in [5.41, 5.74) is 1.90. The van der Waals surface area contributed by atoms with Crippen LogP contribution in [0.2, 0.25) is 0 Å². The predicted molar refractivity (Wildman–Crippen MR) is 110 cm³/mol. The van der Waals surface area contributed by atoms with Gasteiger partial charge < -0.3 is 20.3 Å². The highest BCUT2D eigenvalue weighted by Crippen LogP contribution is 2.29. The Hall–Kier alpha value is -3.39. The van der Waals surface area contributed by atoms with Gasteiger partial charge in [0, 0.05) is 11.8 Å². The first-order chi connectivity index (χ1) is 13.9. The van der Waals surface area contributed by atoms with Crippen LogP contribution >= 0.6 is 0 Å². The molecule has 0 aromatic heterocycles. The predicted octanol–water partition coefficient (Wildman–Crippen LogP) is 0.522. The lowest BCUT2D eigenvalue weighted by molar-refractivity contribution is -0.885. The number of carbonyl (C=O) groups excluding carboxylic acids is 3. The number of nitrogens with zero attached hydrogens (tertiary/aromatic N) is 1. The first-order valence-corrected chi connectivity index (χ1v) is 9.35. The summed E-state index contributed by atoms with van der Waals surface area (Å²) in [5, 5.41) is 5.58. The summed E-state index contributed by atoms with van der Waals surface area (Å²) >= 11 is 0. The number of methoxy groups -OCH3 is 1. The van der Waals surface area contributed by atoms with Crippen molar-refractivity contribution < 1.29 is 24.0 Å². The molecule has 3 rings (SSSR count). The topological polar surface area (TPSA) is 92.2 Å². The Labute approximate surface area is 169 Å². The number of carbonyl (C=O) groups is 3. The van der Waals surface area contributed by atoms with Crippen LogP contribution in [0.1, 0.15) is 6.92 Å². The van der Waals surface area contributed by atoms with Gasteiger partial charge in [-0.3, -0.25) is 19.3 Å². The minimum absolute atomic E-state index is 0.0382. The van der Waals surface area contributed by atoms with Crippen LogP contribution in [0.15, 0.2) is 48.5 Å². The molecule has 152 valence electrons. The summed E-state index contributed by atoms with van der Waals surface area (Å²) in [6.07, 6.45) is 0. The number of ether oxygens (including phenoxy) is 1. The van der Waals surface area contributed by atoms with Gasteiger partial charge in [-0.2, -0.15) is 0 Å². The van der Waals surface area contributed by atoms with Gasteiger partial charge in [-0.1, -0.05) is 18.2 Å². The second kappa shape index (κ2) is 8.74. The van der Waals surface area contributed by atoms with Crippen molar-refractivity contribution in [1.82, 2.24) is 0 Å². The van der Waals surface area contributed by atoms with E-state index in [1.165, 1.54) is 4.90 Å². The Kier molecular flexibility index (Phi) is 6.13. The van der Waals surface area contributed by atoms with E-state index in [2.05, 4.69) is 10.6 Å². The van der Waals surface area contributed by atoms with E-state index < -0.39 is 6.04 Å². The Morgan fingerprint density at radius 2 is 2.00 bits per heavy atom. The third-order valence-corrected chi connectivity index (χ3v) is 4.94. The number of likely N-dealkylation sites (N-methyl/N-ethyl adjacent to an activating group) is 1. The summed E-state index contributed by atoms with van der Waals surface area (Å²) < 4.78 is 5.15. The molecule has 3 amide bonds. The lowest BCUT2D eigenvalue weighted by atomic mass is 10.1. The molecular weight excluding hydrogens is 372 g/mol. The summed E-state index contributed by atoms with van der Waals surface area (Å²) in [7, 11) is 3.34. The van der Waals surface area contributed by atoms with Gasteiger partial charge in [0.05, 0.1) is 25.5 Å². The molecule has 3 N–H and O–H groups in total. The number of nitrogens with one attached hydrogen (secondary N) is 3. The van der Waals surface area contributed by atoms with E-state index in [-0.39, 0.29) is 30.8 Å². The zero-order chi connectivity index (χ0) is 21.0. The minimum Gasteiger partial charge on any atom is -0.497 e. The number of benzene rings is 2. The van der Waals surface area contributed by atoms with Gasteiger partial charge in [0.2, 0.25) is 5.91 Å². The third-order valence-electron chi connectivity index (χ3n) is 4.94. The van der Waals surface area contributed by atoms with Crippen LogP contribution in [-0.4, -0.2) is 51.0 Å². The third kappa shape index (κ3) is 4.72. The number of quaternary nitrogens is 1. The normalized spacial score (nSPS) is 15.0. The number of hydrogen-bond acceptors (Lipinski definition) is 4. The molecule has 0 radical (unpaired) electrons. The van der Waals surface area contributed by atoms with Gasteiger partial charge in [0.1, 0.15) is 12.3 Å². The highest BCUT2D eigenvalue weighted by molar-refractivity contribution is 6.10. The number of amides is 3. The average molecular weight is 397 g/mol. The number of para-hydroxylation sites is 2. The van der Waals surface area contributed by atoms with Gasteiger partial charge in [0.25, 0.3) is 11.8 Å². The monoisotopic (exact) mass is 397 g/mol. The maximum atomic E-state index is 13.0. The van der Waals surface area contributed by atoms with Gasteiger partial charge in [-0.05, 0) is 31.2 Å². The molecule has 1 heterocycles. The highest BCUT2D eigenvalue weighted by atomic mass is 16.5. The number of rotatable bonds is 6. The molecule has 0 saturated heterocycles. The van der Waals surface area contributed by atoms with Crippen LogP contribution < -0.4 is 25.2 Å². The molecule has 8 nitrogen and oxygen atoms in total. The second-order valence-electron chi connectivity index (χ2n) is 7.01. The van der Waals surface area contributed by atoms with E-state index >= 15 is 0 Å². The molecule has 2 aromatic rings. The molecule has 8 heteroatoms. The van der Waals surface area contributed by atoms with Gasteiger partial charge in [-0.15, -0.1) is 0 Å². The summed E-state index contributed by atoms with van der Waals surface area (Å²) in [6.45, 7) is 1.82. The van der Waals surface area contributed by atoms with Crippen molar-refractivity contribution in [2.75, 3.05) is 42.8 Å². The zero-order valence-corrected chi connectivity index (χ0v) is 16.7. The fraction of sp³-hybridized carbons (Fsp3) is 0.286. The van der Waals surface area contributed by atoms with E-state index in [0.29, 0.717) is 22.8 Å². The lowest BCUT2D eigenvalue weighted by Crippen LogP contribution is -3.15. The molecule has 0 aliphatic carbocycles. The lowest BCUT2D eigenvalue weighted by Gasteiger charge is -2.32. The van der Waals surface area contributed by atoms with Crippen LogP contribution in [0.4, 0.5) is 17.1 Å². The highest BCUT2D eigenvalue weighted by Gasteiger charge is 2.33. The number of fused-ring (bicyclic) bond motifs is 1. The molecular formula is C21H25N4O4+. The second-order valence-corrected chi connectivity index (χ2v) is 7.01. The van der Waals surface area contributed by atoms with E-state index in [0.717, 1.165) is 4.90 Å². The summed E-state index contributed by atoms with van der Waals surface area (Å²) in [5.74, 6) is -0.0158. The van der Waals surface area contributed by atoms with Crippen LogP contribution in [0, 0.1) is 0 Å². The molecule has 0 bridgehead atoms. The Balaban J connectivity index is 1.65. The van der Waals surface area contributed by atoms with E-state index in [4.69, 9.17) is 4.74 Å². The standard InChI is InChI=1S/C21H24N4O4/c1-14(21(28)25-13-20(27)23-17-9-4-5-10-18(17)25)24(2)12-19(26)22-15-7-6-8-16(11-15)29-3/h4-11,14H,12-13H2,1-3H3,(H,22,26)(H,23,27)/p+1/t14-/m0/s1. The van der Waals surface area contributed by atoms with Crippen LogP contribution in [0.3, 0.4) is 0 Å². The van der Waals surface area contributed by atoms with E-state index in [1.54, 1.807) is 63.5 Å². The zero-order valence-electron chi connectivity index (χ0n) is 16.7. The molecule has 1 aliphatic rings. The molecule has 2 aromatic carbocycles. The Morgan fingerprint density at radius 1 is 1.24 bits per heavy atom. The number of anilines is 3. The van der Waals surface area contributed by atoms with Gasteiger partial charge in [0.15, 0.2) is 12.6 Å². The van der Waals surface area contributed by atoms with Crippen molar-refractivity contribution in [1.29, 1.82) is 0 Å². The first-order valence-electron chi connectivity index (χ1n) is 9.35. The van der Waals surface area contributed by atoms with E-state index in [1.807, 2.05) is 6.07 Å². The molecule has 0 saturated carbocycles. The first kappa shape index (κ1) is 20.3. The minimum atomic E-state index is -0.509. The van der Waals surface area contributed by atoms with Gasteiger partial charge in [-0.25, -0.2) is 0 Å².